The van der Waals surface area contributed by atoms with E-state index in [1.165, 1.54) is 43.1 Å². The van der Waals surface area contributed by atoms with E-state index in [0.717, 1.165) is 38.9 Å². The Hall–Kier alpha value is -2.13. The Bertz CT molecular complexity index is 946. The summed E-state index contributed by atoms with van der Waals surface area (Å²) in [6.45, 7) is 0. The van der Waals surface area contributed by atoms with Crippen molar-refractivity contribution in [1.29, 1.82) is 0 Å². The maximum atomic E-state index is 11.5. The van der Waals surface area contributed by atoms with Gasteiger partial charge >= 0.3 is 5.97 Å². The van der Waals surface area contributed by atoms with Crippen LogP contribution in [-0.4, -0.2) is 38.6 Å². The lowest BCUT2D eigenvalue weighted by molar-refractivity contribution is -0.137. The third kappa shape index (κ3) is 3.05. The summed E-state index contributed by atoms with van der Waals surface area (Å²) in [5.41, 5.74) is 7.09. The van der Waals surface area contributed by atoms with Crippen molar-refractivity contribution in [3.8, 4) is 10.7 Å². The number of thioether (sulfide) groups is 1. The summed E-state index contributed by atoms with van der Waals surface area (Å²) in [6, 6.07) is 4.19. The number of nitrogens with zero attached hydrogens (tertiary/aromatic N) is 4. The zero-order valence-electron chi connectivity index (χ0n) is 14.3. The summed E-state index contributed by atoms with van der Waals surface area (Å²) in [5.74, 6) is 0.706. The number of thiophene rings is 1. The van der Waals surface area contributed by atoms with Crippen molar-refractivity contribution < 1.29 is 9.53 Å². The number of pyridine rings is 1. The predicted octanol–water partition coefficient (Wildman–Crippen LogP) is 3.52. The molecule has 0 saturated heterocycles. The van der Waals surface area contributed by atoms with E-state index in [-0.39, 0.29) is 11.7 Å². The average molecular weight is 390 g/mol. The molecule has 0 unspecified atom stereocenters. The normalized spacial score (nSPS) is 15.0. The minimum absolute atomic E-state index is 0.213. The van der Waals surface area contributed by atoms with Crippen molar-refractivity contribution >= 4 is 45.0 Å². The van der Waals surface area contributed by atoms with Crippen LogP contribution in [0.1, 0.15) is 31.7 Å². The highest BCUT2D eigenvalue weighted by Gasteiger charge is 2.27. The largest absolute Gasteiger partial charge is 0.468 e. The molecule has 4 rings (SSSR count). The highest BCUT2D eigenvalue weighted by atomic mass is 32.2. The highest BCUT2D eigenvalue weighted by Crippen LogP contribution is 2.43. The Labute approximate surface area is 159 Å². The van der Waals surface area contributed by atoms with Gasteiger partial charge in [0.2, 0.25) is 0 Å². The van der Waals surface area contributed by atoms with Crippen LogP contribution in [0.5, 0.6) is 0 Å². The minimum Gasteiger partial charge on any atom is -0.468 e. The van der Waals surface area contributed by atoms with E-state index in [1.54, 1.807) is 6.20 Å². The van der Waals surface area contributed by atoms with Crippen molar-refractivity contribution in [1.82, 2.24) is 19.7 Å². The molecule has 0 amide bonds. The van der Waals surface area contributed by atoms with Crippen molar-refractivity contribution in [3.05, 3.63) is 18.3 Å². The fraction of sp³-hybridized carbons (Fsp3) is 0.412. The first kappa shape index (κ1) is 17.3. The number of carbonyl (C=O) groups is 1. The summed E-state index contributed by atoms with van der Waals surface area (Å²) >= 11 is 2.89. The van der Waals surface area contributed by atoms with Gasteiger partial charge < -0.3 is 10.5 Å². The monoisotopic (exact) mass is 389 g/mol. The smallest absolute Gasteiger partial charge is 0.316 e. The van der Waals surface area contributed by atoms with Crippen LogP contribution in [0, 0.1) is 0 Å². The number of fused-ring (bicyclic) bond motifs is 1. The minimum atomic E-state index is -0.275. The number of ether oxygens (including phenoxy) is 1. The Morgan fingerprint density at radius 2 is 2.23 bits per heavy atom. The molecule has 1 fully saturated rings. The van der Waals surface area contributed by atoms with E-state index < -0.39 is 0 Å². The van der Waals surface area contributed by atoms with Crippen LogP contribution in [0.4, 0.5) is 5.69 Å². The van der Waals surface area contributed by atoms with E-state index in [1.807, 2.05) is 12.1 Å². The molecule has 9 heteroatoms. The van der Waals surface area contributed by atoms with Gasteiger partial charge in [0.15, 0.2) is 11.0 Å². The number of methoxy groups -OCH3 is 1. The lowest BCUT2D eigenvalue weighted by Crippen LogP contribution is -2.10. The van der Waals surface area contributed by atoms with E-state index >= 15 is 0 Å². The topological polar surface area (TPSA) is 95.9 Å². The number of anilines is 1. The van der Waals surface area contributed by atoms with E-state index in [4.69, 9.17) is 10.5 Å². The van der Waals surface area contributed by atoms with Gasteiger partial charge in [-0.3, -0.25) is 9.36 Å². The molecule has 7 nitrogen and oxygen atoms in total. The van der Waals surface area contributed by atoms with Gasteiger partial charge in [-0.15, -0.1) is 21.5 Å². The van der Waals surface area contributed by atoms with Gasteiger partial charge in [-0.2, -0.15) is 0 Å². The summed E-state index contributed by atoms with van der Waals surface area (Å²) in [5, 5.41) is 10.5. The van der Waals surface area contributed by atoms with E-state index in [2.05, 4.69) is 19.7 Å². The third-order valence-corrected chi connectivity index (χ3v) is 6.65. The van der Waals surface area contributed by atoms with Gasteiger partial charge in [-0.05, 0) is 25.0 Å². The van der Waals surface area contributed by atoms with Gasteiger partial charge in [-0.1, -0.05) is 24.6 Å². The summed E-state index contributed by atoms with van der Waals surface area (Å²) in [7, 11) is 1.39. The van der Waals surface area contributed by atoms with Gasteiger partial charge in [0, 0.05) is 17.6 Å². The molecule has 26 heavy (non-hydrogen) atoms. The number of esters is 1. The van der Waals surface area contributed by atoms with Crippen LogP contribution in [-0.2, 0) is 9.53 Å². The maximum Gasteiger partial charge on any atom is 0.316 e. The van der Waals surface area contributed by atoms with Gasteiger partial charge in [0.05, 0.1) is 23.4 Å². The van der Waals surface area contributed by atoms with Crippen LogP contribution in [0.15, 0.2) is 23.5 Å². The number of aromatic nitrogens is 4. The predicted molar refractivity (Wildman–Crippen MR) is 103 cm³/mol. The molecule has 1 aliphatic rings. The summed E-state index contributed by atoms with van der Waals surface area (Å²) in [6.07, 6.45) is 6.31. The molecule has 3 aromatic heterocycles. The maximum absolute atomic E-state index is 11.5. The number of hydrogen-bond acceptors (Lipinski definition) is 8. The first-order valence-corrected chi connectivity index (χ1v) is 10.3. The fourth-order valence-electron chi connectivity index (χ4n) is 3.32. The fourth-order valence-corrected chi connectivity index (χ4v) is 5.20. The number of nitrogen functional groups attached to an aromatic ring is 1. The van der Waals surface area contributed by atoms with Crippen LogP contribution in [0.3, 0.4) is 0 Å². The molecule has 3 heterocycles. The van der Waals surface area contributed by atoms with Crippen molar-refractivity contribution in [2.45, 2.75) is 36.9 Å². The molecule has 0 spiro atoms. The molecule has 0 bridgehead atoms. The lowest BCUT2D eigenvalue weighted by atomic mass is 10.2. The van der Waals surface area contributed by atoms with Crippen molar-refractivity contribution in [3.63, 3.8) is 0 Å². The van der Waals surface area contributed by atoms with Gasteiger partial charge in [-0.25, -0.2) is 4.98 Å². The van der Waals surface area contributed by atoms with E-state index in [0.29, 0.717) is 11.7 Å². The number of rotatable bonds is 5. The molecule has 0 aromatic carbocycles. The molecular formula is C17H19N5O2S2. The summed E-state index contributed by atoms with van der Waals surface area (Å²) < 4.78 is 6.90. The van der Waals surface area contributed by atoms with Crippen LogP contribution >= 0.6 is 23.1 Å². The standard InChI is InChI=1S/C17H19N5O2S2/c1-24-12(23)9-25-17-21-20-15(22(17)10-5-2-3-6-10)14-13(18)11-7-4-8-19-16(11)26-14/h4,7-8,10H,2-3,5-6,9,18H2,1H3. The Morgan fingerprint density at radius 1 is 1.42 bits per heavy atom. The number of nitrogens with two attached hydrogens (primary N) is 1. The molecule has 2 N–H and O–H groups in total. The average Bonchev–Trinajstić information content (AvgIpc) is 3.38. The Balaban J connectivity index is 1.78. The second-order valence-corrected chi connectivity index (χ2v) is 8.12. The second kappa shape index (κ2) is 7.24. The molecule has 0 aliphatic heterocycles. The quantitative estimate of drug-likeness (QED) is 0.527. The molecule has 0 radical (unpaired) electrons. The van der Waals surface area contributed by atoms with Crippen LogP contribution in [0.2, 0.25) is 0 Å². The lowest BCUT2D eigenvalue weighted by Gasteiger charge is -2.16. The van der Waals surface area contributed by atoms with Gasteiger partial charge in [0.25, 0.3) is 0 Å². The molecule has 1 aliphatic carbocycles. The van der Waals surface area contributed by atoms with Crippen LogP contribution < -0.4 is 5.73 Å². The third-order valence-electron chi connectivity index (χ3n) is 4.61. The SMILES string of the molecule is COC(=O)CSc1nnc(-c2sc3ncccc3c2N)n1C1CCCC1. The Kier molecular flexibility index (Phi) is 4.82. The van der Waals surface area contributed by atoms with E-state index in [9.17, 15) is 4.79 Å². The Morgan fingerprint density at radius 3 is 2.96 bits per heavy atom. The first-order valence-electron chi connectivity index (χ1n) is 8.47. The number of hydrogen-bond donors (Lipinski definition) is 1. The summed E-state index contributed by atoms with van der Waals surface area (Å²) in [4.78, 5) is 17.7. The number of carbonyl (C=O) groups excluding carboxylic acids is 1. The highest BCUT2D eigenvalue weighted by molar-refractivity contribution is 7.99. The zero-order chi connectivity index (χ0) is 18.1. The molecule has 1 saturated carbocycles. The second-order valence-electron chi connectivity index (χ2n) is 6.18. The molecule has 136 valence electrons. The van der Waals surface area contributed by atoms with Gasteiger partial charge in [0.1, 0.15) is 4.83 Å². The zero-order valence-corrected chi connectivity index (χ0v) is 16.0. The van der Waals surface area contributed by atoms with Crippen molar-refractivity contribution in [2.75, 3.05) is 18.6 Å². The molecule has 3 aromatic rings. The van der Waals surface area contributed by atoms with Crippen LogP contribution in [0.25, 0.3) is 20.9 Å². The first-order chi connectivity index (χ1) is 12.7. The van der Waals surface area contributed by atoms with Crippen molar-refractivity contribution in [2.24, 2.45) is 0 Å². The molecular weight excluding hydrogens is 370 g/mol. The molecule has 0 atom stereocenters.